The molecule has 106 valence electrons. The number of anilines is 1. The number of aromatic nitrogens is 1. The predicted octanol–water partition coefficient (Wildman–Crippen LogP) is 3.48. The first-order valence-electron chi connectivity index (χ1n) is 5.82. The van der Waals surface area contributed by atoms with E-state index in [1.165, 1.54) is 0 Å². The lowest BCUT2D eigenvalue weighted by Gasteiger charge is -2.08. The Bertz CT molecular complexity index is 693. The average molecular weight is 376 g/mol. The number of hydrogen-bond donors (Lipinski definition) is 1. The fourth-order valence-corrected chi connectivity index (χ4v) is 3.14. The molecule has 0 bridgehead atoms. The van der Waals surface area contributed by atoms with Crippen LogP contribution in [-0.4, -0.2) is 19.2 Å². The summed E-state index contributed by atoms with van der Waals surface area (Å²) in [7, 11) is -3.42. The summed E-state index contributed by atoms with van der Waals surface area (Å²) in [4.78, 5) is 4.10. The van der Waals surface area contributed by atoms with Gasteiger partial charge in [-0.15, -0.1) is 0 Å². The van der Waals surface area contributed by atoms with Gasteiger partial charge >= 0.3 is 0 Å². The van der Waals surface area contributed by atoms with Crippen molar-refractivity contribution in [3.8, 4) is 0 Å². The van der Waals surface area contributed by atoms with Crippen molar-refractivity contribution >= 4 is 43.2 Å². The monoisotopic (exact) mass is 374 g/mol. The zero-order chi connectivity index (χ0) is 14.6. The molecule has 0 atom stereocenters. The quantitative estimate of drug-likeness (QED) is 0.870. The van der Waals surface area contributed by atoms with Crippen LogP contribution in [0.2, 0.25) is 5.02 Å². The minimum absolute atomic E-state index is 0.0236. The summed E-state index contributed by atoms with van der Waals surface area (Å²) in [5.41, 5.74) is 1.22. The van der Waals surface area contributed by atoms with Crippen molar-refractivity contribution in [2.24, 2.45) is 0 Å². The van der Waals surface area contributed by atoms with Crippen LogP contribution in [0.4, 0.5) is 5.69 Å². The Morgan fingerprint density at radius 3 is 2.70 bits per heavy atom. The molecule has 0 fully saturated rings. The predicted molar refractivity (Wildman–Crippen MR) is 84.5 cm³/mol. The molecule has 0 spiro atoms. The number of nitrogens with zero attached hydrogens (tertiary/aromatic N) is 1. The van der Waals surface area contributed by atoms with Gasteiger partial charge in [-0.2, -0.15) is 0 Å². The van der Waals surface area contributed by atoms with Crippen LogP contribution in [0.3, 0.4) is 0 Å². The van der Waals surface area contributed by atoms with Crippen molar-refractivity contribution < 1.29 is 8.42 Å². The molecule has 0 unspecified atom stereocenters. The Morgan fingerprint density at radius 1 is 1.25 bits per heavy atom. The second kappa shape index (κ2) is 6.56. The molecule has 20 heavy (non-hydrogen) atoms. The van der Waals surface area contributed by atoms with E-state index >= 15 is 0 Å². The Labute approximate surface area is 131 Å². The van der Waals surface area contributed by atoms with E-state index in [4.69, 9.17) is 11.6 Å². The highest BCUT2D eigenvalue weighted by atomic mass is 79.9. The summed E-state index contributed by atoms with van der Waals surface area (Å²) in [5.74, 6) is -0.0236. The standard InChI is InChI=1S/C13H12BrClN2O2S/c14-12-9-11(4-5-13(12)15)17-20(18,19)8-6-10-3-1-2-7-16-10/h1-5,7,9,17H,6,8H2. The number of sulfonamides is 1. The van der Waals surface area contributed by atoms with E-state index < -0.39 is 10.0 Å². The number of halogens is 2. The van der Waals surface area contributed by atoms with Gasteiger partial charge in [0.25, 0.3) is 0 Å². The number of rotatable bonds is 5. The first kappa shape index (κ1) is 15.3. The average Bonchev–Trinajstić information content (AvgIpc) is 2.42. The zero-order valence-corrected chi connectivity index (χ0v) is 13.5. The summed E-state index contributed by atoms with van der Waals surface area (Å²) in [6.45, 7) is 0. The maximum atomic E-state index is 12.0. The van der Waals surface area contributed by atoms with Gasteiger partial charge in [0, 0.05) is 28.5 Å². The maximum absolute atomic E-state index is 12.0. The Kier molecular flexibility index (Phi) is 5.01. The molecule has 0 amide bonds. The largest absolute Gasteiger partial charge is 0.284 e. The molecule has 0 aliphatic rings. The van der Waals surface area contributed by atoms with Crippen molar-refractivity contribution in [3.63, 3.8) is 0 Å². The lowest BCUT2D eigenvalue weighted by molar-refractivity contribution is 0.600. The van der Waals surface area contributed by atoms with Gasteiger partial charge in [-0.1, -0.05) is 17.7 Å². The molecule has 1 aromatic carbocycles. The highest BCUT2D eigenvalue weighted by Gasteiger charge is 2.12. The summed E-state index contributed by atoms with van der Waals surface area (Å²) in [6.07, 6.45) is 2.01. The maximum Gasteiger partial charge on any atom is 0.233 e. The summed E-state index contributed by atoms with van der Waals surface area (Å²) < 4.78 is 27.1. The van der Waals surface area contributed by atoms with Gasteiger partial charge in [-0.05, 0) is 46.3 Å². The lowest BCUT2D eigenvalue weighted by Crippen LogP contribution is -2.18. The number of nitrogens with one attached hydrogen (secondary N) is 1. The minimum Gasteiger partial charge on any atom is -0.284 e. The molecule has 2 rings (SSSR count). The molecule has 7 heteroatoms. The fourth-order valence-electron chi connectivity index (χ4n) is 1.58. The van der Waals surface area contributed by atoms with Crippen molar-refractivity contribution in [1.29, 1.82) is 0 Å². The van der Waals surface area contributed by atoms with E-state index in [1.807, 2.05) is 6.07 Å². The van der Waals surface area contributed by atoms with E-state index in [0.717, 1.165) is 5.69 Å². The third-order valence-corrected chi connectivity index (χ3v) is 5.05. The van der Waals surface area contributed by atoms with E-state index in [9.17, 15) is 8.42 Å². The van der Waals surface area contributed by atoms with E-state index in [0.29, 0.717) is 21.6 Å². The molecule has 1 N–H and O–H groups in total. The number of aryl methyl sites for hydroxylation is 1. The fraction of sp³-hybridized carbons (Fsp3) is 0.154. The highest BCUT2D eigenvalue weighted by Crippen LogP contribution is 2.26. The highest BCUT2D eigenvalue weighted by molar-refractivity contribution is 9.10. The minimum atomic E-state index is -3.42. The van der Waals surface area contributed by atoms with Crippen LogP contribution in [0.15, 0.2) is 47.1 Å². The van der Waals surface area contributed by atoms with Crippen molar-refractivity contribution in [1.82, 2.24) is 4.98 Å². The van der Waals surface area contributed by atoms with E-state index in [-0.39, 0.29) is 5.75 Å². The second-order valence-corrected chi connectivity index (χ2v) is 7.22. The van der Waals surface area contributed by atoms with Crippen LogP contribution in [0, 0.1) is 0 Å². The molecule has 0 radical (unpaired) electrons. The zero-order valence-electron chi connectivity index (χ0n) is 10.4. The third kappa shape index (κ3) is 4.47. The first-order valence-corrected chi connectivity index (χ1v) is 8.64. The van der Waals surface area contributed by atoms with Crippen molar-refractivity contribution in [2.45, 2.75) is 6.42 Å². The molecule has 0 aliphatic heterocycles. The van der Waals surface area contributed by atoms with Crippen LogP contribution in [0.25, 0.3) is 0 Å². The molecule has 1 aromatic heterocycles. The number of pyridine rings is 1. The molecule has 0 saturated heterocycles. The van der Waals surface area contributed by atoms with Crippen LogP contribution in [0.1, 0.15) is 5.69 Å². The summed E-state index contributed by atoms with van der Waals surface area (Å²) in [6, 6.07) is 10.3. The normalized spacial score (nSPS) is 11.3. The van der Waals surface area contributed by atoms with Crippen LogP contribution in [-0.2, 0) is 16.4 Å². The lowest BCUT2D eigenvalue weighted by atomic mass is 10.3. The molecule has 2 aromatic rings. The van der Waals surface area contributed by atoms with Gasteiger partial charge < -0.3 is 0 Å². The van der Waals surface area contributed by atoms with Gasteiger partial charge in [0.1, 0.15) is 0 Å². The topological polar surface area (TPSA) is 59.1 Å². The Balaban J connectivity index is 2.02. The number of benzene rings is 1. The third-order valence-electron chi connectivity index (χ3n) is 2.55. The first-order chi connectivity index (χ1) is 9.46. The molecule has 4 nitrogen and oxygen atoms in total. The van der Waals surface area contributed by atoms with Gasteiger partial charge in [0.2, 0.25) is 10.0 Å². The van der Waals surface area contributed by atoms with Crippen LogP contribution in [0.5, 0.6) is 0 Å². The Morgan fingerprint density at radius 2 is 2.05 bits per heavy atom. The molecular weight excluding hydrogens is 364 g/mol. The summed E-state index contributed by atoms with van der Waals surface area (Å²) >= 11 is 9.11. The Hall–Kier alpha value is -1.11. The van der Waals surface area contributed by atoms with E-state index in [2.05, 4.69) is 25.6 Å². The van der Waals surface area contributed by atoms with Crippen molar-refractivity contribution in [3.05, 3.63) is 57.8 Å². The number of hydrogen-bond acceptors (Lipinski definition) is 3. The van der Waals surface area contributed by atoms with Gasteiger partial charge in [-0.25, -0.2) is 8.42 Å². The van der Waals surface area contributed by atoms with Crippen LogP contribution < -0.4 is 4.72 Å². The molecule has 0 saturated carbocycles. The molecule has 0 aliphatic carbocycles. The van der Waals surface area contributed by atoms with Gasteiger partial charge in [0.15, 0.2) is 0 Å². The van der Waals surface area contributed by atoms with Gasteiger partial charge in [0.05, 0.1) is 10.8 Å². The van der Waals surface area contributed by atoms with E-state index in [1.54, 1.807) is 36.5 Å². The molecular formula is C13H12BrClN2O2S. The smallest absolute Gasteiger partial charge is 0.233 e. The van der Waals surface area contributed by atoms with Crippen LogP contribution >= 0.6 is 27.5 Å². The molecule has 1 heterocycles. The van der Waals surface area contributed by atoms with Crippen molar-refractivity contribution in [2.75, 3.05) is 10.5 Å². The summed E-state index contributed by atoms with van der Waals surface area (Å²) in [5, 5.41) is 0.529. The van der Waals surface area contributed by atoms with Gasteiger partial charge in [-0.3, -0.25) is 9.71 Å². The second-order valence-electron chi connectivity index (χ2n) is 4.12. The SMILES string of the molecule is O=S(=O)(CCc1ccccn1)Nc1ccc(Cl)c(Br)c1.